The van der Waals surface area contributed by atoms with E-state index in [0.29, 0.717) is 12.3 Å². The van der Waals surface area contributed by atoms with Crippen molar-refractivity contribution in [2.24, 2.45) is 5.92 Å². The first kappa shape index (κ1) is 35.9. The fourth-order valence-corrected chi connectivity index (χ4v) is 6.65. The summed E-state index contributed by atoms with van der Waals surface area (Å²) in [5.74, 6) is -0.890. The van der Waals surface area contributed by atoms with Gasteiger partial charge < -0.3 is 19.7 Å². The van der Waals surface area contributed by atoms with E-state index in [0.717, 1.165) is 33.1 Å². The predicted octanol–water partition coefficient (Wildman–Crippen LogP) is 5.76. The van der Waals surface area contributed by atoms with Gasteiger partial charge in [-0.15, -0.1) is 0 Å². The highest BCUT2D eigenvalue weighted by molar-refractivity contribution is 7.92. The highest BCUT2D eigenvalue weighted by Gasteiger charge is 2.35. The Morgan fingerprint density at radius 1 is 0.833 bits per heavy atom. The number of carbonyl (C=O) groups is 2. The summed E-state index contributed by atoms with van der Waals surface area (Å²) in [7, 11) is -1.61. The topological polar surface area (TPSA) is 105 Å². The number of benzene rings is 4. The van der Waals surface area contributed by atoms with Crippen LogP contribution in [0.4, 0.5) is 10.1 Å². The summed E-state index contributed by atoms with van der Waals surface area (Å²) in [6.07, 6.45) is 0.196. The van der Waals surface area contributed by atoms with Crippen LogP contribution >= 0.6 is 0 Å². The maximum absolute atomic E-state index is 14.6. The van der Waals surface area contributed by atoms with Crippen LogP contribution in [0.5, 0.6) is 11.5 Å². The molecule has 4 aromatic carbocycles. The Morgan fingerprint density at radius 3 is 2.12 bits per heavy atom. The average molecular weight is 676 g/mol. The van der Waals surface area contributed by atoms with Crippen LogP contribution < -0.4 is 19.1 Å². The molecule has 0 saturated carbocycles. The highest BCUT2D eigenvalue weighted by atomic mass is 32.2. The minimum absolute atomic E-state index is 0.0424. The Labute approximate surface area is 282 Å². The molecule has 0 aliphatic heterocycles. The summed E-state index contributed by atoms with van der Waals surface area (Å²) in [6, 6.07) is 24.9. The third kappa shape index (κ3) is 9.13. The maximum atomic E-state index is 14.6. The van der Waals surface area contributed by atoms with E-state index >= 15 is 0 Å². The van der Waals surface area contributed by atoms with Gasteiger partial charge in [-0.1, -0.05) is 74.0 Å². The van der Waals surface area contributed by atoms with E-state index in [9.17, 15) is 22.4 Å². The summed E-state index contributed by atoms with van der Waals surface area (Å²) in [6.45, 7) is 5.64. The first-order valence-electron chi connectivity index (χ1n) is 15.6. The molecular weight excluding hydrogens is 633 g/mol. The van der Waals surface area contributed by atoms with Crippen LogP contribution in [0.3, 0.4) is 0 Å². The number of hydrogen-bond donors (Lipinski definition) is 1. The van der Waals surface area contributed by atoms with E-state index in [1.165, 1.54) is 49.5 Å². The van der Waals surface area contributed by atoms with Gasteiger partial charge in [0.2, 0.25) is 11.8 Å². The molecule has 48 heavy (non-hydrogen) atoms. The molecule has 0 spiro atoms. The van der Waals surface area contributed by atoms with Crippen molar-refractivity contribution < 1.29 is 31.9 Å². The van der Waals surface area contributed by atoms with Crippen molar-refractivity contribution in [2.45, 2.75) is 44.7 Å². The molecule has 0 radical (unpaired) electrons. The van der Waals surface area contributed by atoms with Crippen molar-refractivity contribution in [1.82, 2.24) is 10.2 Å². The second kappa shape index (κ2) is 16.3. The molecule has 9 nitrogen and oxygen atoms in total. The van der Waals surface area contributed by atoms with Crippen molar-refractivity contribution in [3.05, 3.63) is 120 Å². The molecule has 4 aromatic rings. The number of ether oxygens (including phenoxy) is 2. The number of nitrogens with zero attached hydrogens (tertiary/aromatic N) is 2. The fraction of sp³-hybridized carbons (Fsp3) is 0.297. The second-order valence-electron chi connectivity index (χ2n) is 11.9. The van der Waals surface area contributed by atoms with E-state index in [4.69, 9.17) is 9.47 Å². The zero-order chi connectivity index (χ0) is 34.8. The number of carbonyl (C=O) groups excluding carboxylic acids is 2. The normalized spacial score (nSPS) is 11.9. The van der Waals surface area contributed by atoms with E-state index < -0.39 is 34.3 Å². The third-order valence-corrected chi connectivity index (χ3v) is 9.50. The summed E-state index contributed by atoms with van der Waals surface area (Å²) in [4.78, 5) is 29.7. The number of sulfonamides is 1. The van der Waals surface area contributed by atoms with Crippen molar-refractivity contribution in [3.63, 3.8) is 0 Å². The molecule has 0 bridgehead atoms. The number of hydrogen-bond acceptors (Lipinski definition) is 6. The van der Waals surface area contributed by atoms with Crippen LogP contribution in [0.2, 0.25) is 0 Å². The number of nitrogens with one attached hydrogen (secondary N) is 1. The second-order valence-corrected chi connectivity index (χ2v) is 13.7. The lowest BCUT2D eigenvalue weighted by Crippen LogP contribution is -2.53. The standard InChI is InChI=1S/C37H42FN3O6S/c1-26(2)23-39-37(43)33(21-28-11-7-6-8-12-28)40(24-29-13-9-10-27(3)20-29)36(42)25-41(31-16-14-30(38)15-17-31)48(44,45)32-18-19-34(46-4)35(22-32)47-5/h6-20,22,26,33H,21,23-25H2,1-5H3,(H,39,43). The lowest BCUT2D eigenvalue weighted by Gasteiger charge is -2.34. The largest absolute Gasteiger partial charge is 0.493 e. The van der Waals surface area contributed by atoms with E-state index in [1.54, 1.807) is 0 Å². The van der Waals surface area contributed by atoms with Gasteiger partial charge in [0.25, 0.3) is 10.0 Å². The number of methoxy groups -OCH3 is 2. The summed E-state index contributed by atoms with van der Waals surface area (Å²) < 4.78 is 54.2. The molecule has 1 atom stereocenters. The van der Waals surface area contributed by atoms with Gasteiger partial charge in [0.05, 0.1) is 24.8 Å². The smallest absolute Gasteiger partial charge is 0.264 e. The molecule has 2 amide bonds. The molecule has 0 aromatic heterocycles. The van der Waals surface area contributed by atoms with E-state index in [-0.39, 0.29) is 41.1 Å². The minimum atomic E-state index is -4.43. The van der Waals surface area contributed by atoms with Crippen LogP contribution in [-0.2, 0) is 32.6 Å². The summed E-state index contributed by atoms with van der Waals surface area (Å²) in [5.41, 5.74) is 2.64. The number of anilines is 1. The molecule has 1 unspecified atom stereocenters. The van der Waals surface area contributed by atoms with E-state index in [2.05, 4.69) is 5.32 Å². The zero-order valence-corrected chi connectivity index (χ0v) is 28.7. The van der Waals surface area contributed by atoms with Gasteiger partial charge in [-0.05, 0) is 60.4 Å². The van der Waals surface area contributed by atoms with Crippen LogP contribution in [0.25, 0.3) is 0 Å². The number of amides is 2. The van der Waals surface area contributed by atoms with Gasteiger partial charge in [-0.2, -0.15) is 0 Å². The summed E-state index contributed by atoms with van der Waals surface area (Å²) in [5, 5.41) is 2.97. The molecule has 254 valence electrons. The molecular formula is C37H42FN3O6S. The molecule has 4 rings (SSSR count). The van der Waals surface area contributed by atoms with Gasteiger partial charge in [-0.3, -0.25) is 13.9 Å². The molecule has 0 aliphatic rings. The van der Waals surface area contributed by atoms with Crippen molar-refractivity contribution in [1.29, 1.82) is 0 Å². The first-order chi connectivity index (χ1) is 22.9. The van der Waals surface area contributed by atoms with Crippen molar-refractivity contribution in [3.8, 4) is 11.5 Å². The van der Waals surface area contributed by atoms with Gasteiger partial charge >= 0.3 is 0 Å². The SMILES string of the molecule is COc1ccc(S(=O)(=O)N(CC(=O)N(Cc2cccc(C)c2)C(Cc2ccccc2)C(=O)NCC(C)C)c2ccc(F)cc2)cc1OC. The van der Waals surface area contributed by atoms with Crippen molar-refractivity contribution in [2.75, 3.05) is 31.6 Å². The Bertz CT molecular complexity index is 1800. The maximum Gasteiger partial charge on any atom is 0.264 e. The Morgan fingerprint density at radius 2 is 1.50 bits per heavy atom. The Kier molecular flexibility index (Phi) is 12.2. The first-order valence-corrected chi connectivity index (χ1v) is 17.0. The van der Waals surface area contributed by atoms with Gasteiger partial charge in [-0.25, -0.2) is 12.8 Å². The fourth-order valence-electron chi connectivity index (χ4n) is 5.22. The van der Waals surface area contributed by atoms with Crippen LogP contribution in [0, 0.1) is 18.7 Å². The Balaban J connectivity index is 1.82. The molecule has 0 saturated heterocycles. The average Bonchev–Trinajstić information content (AvgIpc) is 3.08. The summed E-state index contributed by atoms with van der Waals surface area (Å²) >= 11 is 0. The lowest BCUT2D eigenvalue weighted by molar-refractivity contribution is -0.140. The quantitative estimate of drug-likeness (QED) is 0.172. The molecule has 0 heterocycles. The number of rotatable bonds is 15. The Hall–Kier alpha value is -4.90. The molecule has 0 fully saturated rings. The number of halogens is 1. The monoisotopic (exact) mass is 675 g/mol. The van der Waals surface area contributed by atoms with Crippen LogP contribution in [0.15, 0.2) is 102 Å². The highest BCUT2D eigenvalue weighted by Crippen LogP contribution is 2.32. The number of aryl methyl sites for hydroxylation is 1. The predicted molar refractivity (Wildman–Crippen MR) is 184 cm³/mol. The molecule has 11 heteroatoms. The van der Waals surface area contributed by atoms with Crippen LogP contribution in [-0.4, -0.2) is 58.5 Å². The van der Waals surface area contributed by atoms with Gasteiger partial charge in [0.1, 0.15) is 18.4 Å². The third-order valence-electron chi connectivity index (χ3n) is 7.73. The van der Waals surface area contributed by atoms with E-state index in [1.807, 2.05) is 75.4 Å². The zero-order valence-electron chi connectivity index (χ0n) is 27.9. The molecule has 1 N–H and O–H groups in total. The van der Waals surface area contributed by atoms with Gasteiger partial charge in [0, 0.05) is 25.6 Å². The lowest BCUT2D eigenvalue weighted by atomic mass is 10.0. The van der Waals surface area contributed by atoms with Gasteiger partial charge in [0.15, 0.2) is 11.5 Å². The van der Waals surface area contributed by atoms with Crippen molar-refractivity contribution >= 4 is 27.5 Å². The molecule has 0 aliphatic carbocycles. The van der Waals surface area contributed by atoms with Crippen LogP contribution in [0.1, 0.15) is 30.5 Å². The minimum Gasteiger partial charge on any atom is -0.493 e.